The van der Waals surface area contributed by atoms with Gasteiger partial charge in [-0.2, -0.15) is 5.10 Å². The Bertz CT molecular complexity index is 1110. The van der Waals surface area contributed by atoms with Crippen LogP contribution in [0.4, 0.5) is 0 Å². The maximum absolute atomic E-state index is 13.1. The van der Waals surface area contributed by atoms with E-state index < -0.39 is 0 Å². The maximum Gasteiger partial charge on any atom is 0.272 e. The number of hydrogen-bond donors (Lipinski definition) is 1. The SMILES string of the molecule is O=C(NCc1ccc(Cl)cc1Cl)c1nn(-c2ccc(Cl)cc2)c2c1[C@H]1CC[C@H]2C1. The van der Waals surface area contributed by atoms with Crippen LogP contribution in [0.3, 0.4) is 0 Å². The van der Waals surface area contributed by atoms with Crippen molar-refractivity contribution in [2.45, 2.75) is 37.6 Å². The van der Waals surface area contributed by atoms with Gasteiger partial charge in [0.05, 0.1) is 11.4 Å². The van der Waals surface area contributed by atoms with Gasteiger partial charge in [0.2, 0.25) is 0 Å². The van der Waals surface area contributed by atoms with E-state index in [2.05, 4.69) is 5.32 Å². The predicted molar refractivity (Wildman–Crippen MR) is 116 cm³/mol. The van der Waals surface area contributed by atoms with E-state index in [0.29, 0.717) is 39.1 Å². The van der Waals surface area contributed by atoms with Gasteiger partial charge in [0.15, 0.2) is 5.69 Å². The van der Waals surface area contributed by atoms with Crippen molar-refractivity contribution in [3.63, 3.8) is 0 Å². The molecule has 0 saturated heterocycles. The van der Waals surface area contributed by atoms with E-state index >= 15 is 0 Å². The zero-order valence-electron chi connectivity index (χ0n) is 15.5. The summed E-state index contributed by atoms with van der Waals surface area (Å²) in [6.07, 6.45) is 3.37. The summed E-state index contributed by atoms with van der Waals surface area (Å²) in [5.74, 6) is 0.703. The second-order valence-electron chi connectivity index (χ2n) is 7.66. The van der Waals surface area contributed by atoms with E-state index in [0.717, 1.165) is 36.1 Å². The van der Waals surface area contributed by atoms with Crippen LogP contribution in [-0.2, 0) is 6.54 Å². The van der Waals surface area contributed by atoms with Crippen molar-refractivity contribution in [1.29, 1.82) is 0 Å². The van der Waals surface area contributed by atoms with Crippen molar-refractivity contribution in [2.75, 3.05) is 0 Å². The molecule has 1 fully saturated rings. The molecular formula is C22H18Cl3N3O. The Hall–Kier alpha value is -2.01. The number of rotatable bonds is 4. The Balaban J connectivity index is 1.47. The highest BCUT2D eigenvalue weighted by atomic mass is 35.5. The average Bonchev–Trinajstić information content (AvgIpc) is 3.40. The molecule has 0 spiro atoms. The monoisotopic (exact) mass is 445 g/mol. The largest absolute Gasteiger partial charge is 0.346 e. The van der Waals surface area contributed by atoms with Crippen LogP contribution in [0.1, 0.15) is 58.4 Å². The summed E-state index contributed by atoms with van der Waals surface area (Å²) in [7, 11) is 0. The van der Waals surface area contributed by atoms with Gasteiger partial charge in [-0.15, -0.1) is 0 Å². The minimum absolute atomic E-state index is 0.174. The first-order valence-electron chi connectivity index (χ1n) is 9.62. The molecule has 5 rings (SSSR count). The first-order chi connectivity index (χ1) is 14.0. The molecule has 2 aromatic carbocycles. The molecule has 2 aliphatic rings. The van der Waals surface area contributed by atoms with Crippen LogP contribution in [0.5, 0.6) is 0 Å². The topological polar surface area (TPSA) is 46.9 Å². The molecule has 1 amide bonds. The minimum atomic E-state index is -0.174. The highest BCUT2D eigenvalue weighted by molar-refractivity contribution is 6.35. The Labute approximate surface area is 183 Å². The molecule has 1 saturated carbocycles. The third kappa shape index (κ3) is 3.33. The number of nitrogens with one attached hydrogen (secondary N) is 1. The first kappa shape index (κ1) is 19.0. The molecular weight excluding hydrogens is 429 g/mol. The molecule has 29 heavy (non-hydrogen) atoms. The molecule has 0 aliphatic heterocycles. The van der Waals surface area contributed by atoms with E-state index in [1.54, 1.807) is 12.1 Å². The zero-order chi connectivity index (χ0) is 20.1. The van der Waals surface area contributed by atoms with Gasteiger partial charge in [0.25, 0.3) is 5.91 Å². The molecule has 1 aromatic heterocycles. The molecule has 0 unspecified atom stereocenters. The molecule has 2 atom stereocenters. The van der Waals surface area contributed by atoms with E-state index in [-0.39, 0.29) is 5.91 Å². The Morgan fingerprint density at radius 3 is 2.52 bits per heavy atom. The van der Waals surface area contributed by atoms with E-state index in [9.17, 15) is 4.79 Å². The van der Waals surface area contributed by atoms with Gasteiger partial charge in [-0.1, -0.05) is 40.9 Å². The van der Waals surface area contributed by atoms with Crippen LogP contribution in [0.15, 0.2) is 42.5 Å². The fraction of sp³-hybridized carbons (Fsp3) is 0.273. The molecule has 0 radical (unpaired) electrons. The summed E-state index contributed by atoms with van der Waals surface area (Å²) >= 11 is 18.2. The normalized spacial score (nSPS) is 19.4. The average molecular weight is 447 g/mol. The molecule has 148 valence electrons. The number of fused-ring (bicyclic) bond motifs is 5. The van der Waals surface area contributed by atoms with Gasteiger partial charge in [-0.05, 0) is 67.1 Å². The van der Waals surface area contributed by atoms with Crippen molar-refractivity contribution >= 4 is 40.7 Å². The number of carbonyl (C=O) groups excluding carboxylic acids is 1. The standard InChI is InChI=1S/C22H18Cl3N3O/c23-15-5-7-17(8-6-15)28-21-13-2-1-12(9-13)19(21)20(27-28)22(29)26-11-14-3-4-16(24)10-18(14)25/h3-8,10,12-13H,1-2,9,11H2,(H,26,29)/t12-,13-/m0/s1. The van der Waals surface area contributed by atoms with Gasteiger partial charge in [-0.25, -0.2) is 4.68 Å². The number of amides is 1. The van der Waals surface area contributed by atoms with Crippen molar-refractivity contribution in [1.82, 2.24) is 15.1 Å². The second kappa shape index (κ2) is 7.35. The lowest BCUT2D eigenvalue weighted by Crippen LogP contribution is -2.25. The number of halogens is 3. The zero-order valence-corrected chi connectivity index (χ0v) is 17.7. The van der Waals surface area contributed by atoms with Gasteiger partial charge in [-0.3, -0.25) is 4.79 Å². The lowest BCUT2D eigenvalue weighted by atomic mass is 9.95. The lowest BCUT2D eigenvalue weighted by molar-refractivity contribution is 0.0944. The number of nitrogens with zero attached hydrogens (tertiary/aromatic N) is 2. The summed E-state index contributed by atoms with van der Waals surface area (Å²) in [5, 5.41) is 9.49. The summed E-state index contributed by atoms with van der Waals surface area (Å²) in [6, 6.07) is 12.8. The van der Waals surface area contributed by atoms with Gasteiger partial charge in [0.1, 0.15) is 0 Å². The smallest absolute Gasteiger partial charge is 0.272 e. The molecule has 3 aromatic rings. The van der Waals surface area contributed by atoms with Crippen LogP contribution < -0.4 is 5.32 Å². The van der Waals surface area contributed by atoms with E-state index in [1.807, 2.05) is 35.0 Å². The first-order valence-corrected chi connectivity index (χ1v) is 10.8. The van der Waals surface area contributed by atoms with Crippen molar-refractivity contribution in [2.24, 2.45) is 0 Å². The Morgan fingerprint density at radius 1 is 1.03 bits per heavy atom. The summed E-state index contributed by atoms with van der Waals surface area (Å²) in [6.45, 7) is 0.325. The lowest BCUT2D eigenvalue weighted by Gasteiger charge is -2.14. The fourth-order valence-corrected chi connectivity index (χ4v) is 5.20. The molecule has 7 heteroatoms. The third-order valence-corrected chi connectivity index (χ3v) is 6.77. The van der Waals surface area contributed by atoms with Crippen LogP contribution in [0.25, 0.3) is 5.69 Å². The molecule has 1 N–H and O–H groups in total. The van der Waals surface area contributed by atoms with Gasteiger partial charge < -0.3 is 5.32 Å². The van der Waals surface area contributed by atoms with E-state index in [4.69, 9.17) is 39.9 Å². The quantitative estimate of drug-likeness (QED) is 0.524. The van der Waals surface area contributed by atoms with Crippen molar-refractivity contribution in [3.05, 3.63) is 80.0 Å². The van der Waals surface area contributed by atoms with Crippen molar-refractivity contribution < 1.29 is 4.79 Å². The van der Waals surface area contributed by atoms with Gasteiger partial charge in [0, 0.05) is 33.1 Å². The molecule has 1 heterocycles. The van der Waals surface area contributed by atoms with Crippen molar-refractivity contribution in [3.8, 4) is 5.69 Å². The predicted octanol–water partition coefficient (Wildman–Crippen LogP) is 6.13. The number of benzene rings is 2. The highest BCUT2D eigenvalue weighted by Gasteiger charge is 2.44. The summed E-state index contributed by atoms with van der Waals surface area (Å²) in [4.78, 5) is 13.1. The van der Waals surface area contributed by atoms with E-state index in [1.165, 1.54) is 5.69 Å². The third-order valence-electron chi connectivity index (χ3n) is 5.93. The molecule has 2 bridgehead atoms. The number of aromatic nitrogens is 2. The minimum Gasteiger partial charge on any atom is -0.346 e. The molecule has 4 nitrogen and oxygen atoms in total. The Morgan fingerprint density at radius 2 is 1.76 bits per heavy atom. The van der Waals surface area contributed by atoms with Crippen LogP contribution in [0.2, 0.25) is 15.1 Å². The second-order valence-corrected chi connectivity index (χ2v) is 8.94. The maximum atomic E-state index is 13.1. The fourth-order valence-electron chi connectivity index (χ4n) is 4.60. The van der Waals surface area contributed by atoms with Gasteiger partial charge >= 0.3 is 0 Å². The molecule has 2 aliphatic carbocycles. The van der Waals surface area contributed by atoms with Crippen LogP contribution in [0, 0.1) is 0 Å². The Kier molecular flexibility index (Phi) is 4.81. The van der Waals surface area contributed by atoms with Crippen LogP contribution >= 0.6 is 34.8 Å². The summed E-state index contributed by atoms with van der Waals surface area (Å²) in [5.41, 5.74) is 4.55. The number of hydrogen-bond acceptors (Lipinski definition) is 2. The summed E-state index contributed by atoms with van der Waals surface area (Å²) < 4.78 is 1.93. The number of carbonyl (C=O) groups is 1. The highest BCUT2D eigenvalue weighted by Crippen LogP contribution is 2.54. The van der Waals surface area contributed by atoms with Crippen LogP contribution in [-0.4, -0.2) is 15.7 Å².